The van der Waals surface area contributed by atoms with Crippen LogP contribution in [-0.4, -0.2) is 45.0 Å². The fourth-order valence-electron chi connectivity index (χ4n) is 1.13. The summed E-state index contributed by atoms with van der Waals surface area (Å²) >= 11 is 0. The fraction of sp³-hybridized carbons (Fsp3) is 0.200. The molecule has 1 aromatic carbocycles. The Kier molecular flexibility index (Phi) is 3.89. The molecular formula is C10H11NO6. The van der Waals surface area contributed by atoms with Crippen LogP contribution in [0.4, 0.5) is 0 Å². The van der Waals surface area contributed by atoms with Crippen molar-refractivity contribution in [3.8, 4) is 11.5 Å². The highest BCUT2D eigenvalue weighted by Crippen LogP contribution is 2.21. The van der Waals surface area contributed by atoms with Gasteiger partial charge in [0.05, 0.1) is 12.2 Å². The molecule has 1 atom stereocenters. The summed E-state index contributed by atoms with van der Waals surface area (Å²) in [4.78, 5) is 22.1. The number of aromatic hydroxyl groups is 2. The summed E-state index contributed by atoms with van der Waals surface area (Å²) in [6, 6.07) is 1.79. The molecule has 0 aliphatic carbocycles. The quantitative estimate of drug-likeness (QED) is 0.442. The molecule has 0 fully saturated rings. The van der Waals surface area contributed by atoms with E-state index < -0.39 is 30.3 Å². The van der Waals surface area contributed by atoms with E-state index >= 15 is 0 Å². The summed E-state index contributed by atoms with van der Waals surface area (Å²) in [6.07, 6.45) is 0. The van der Waals surface area contributed by atoms with Crippen LogP contribution in [0.1, 0.15) is 10.4 Å². The molecule has 0 aliphatic heterocycles. The van der Waals surface area contributed by atoms with Crippen molar-refractivity contribution in [3.63, 3.8) is 0 Å². The van der Waals surface area contributed by atoms with Gasteiger partial charge in [-0.2, -0.15) is 0 Å². The molecule has 0 saturated carbocycles. The van der Waals surface area contributed by atoms with Crippen molar-refractivity contribution in [2.24, 2.45) is 0 Å². The Morgan fingerprint density at radius 3 is 2.47 bits per heavy atom. The SMILES string of the molecule is O=C(NC(CO)C(=O)O)c1cc(O)ccc1O. The molecule has 0 bridgehead atoms. The second-order valence-corrected chi connectivity index (χ2v) is 3.25. The Hall–Kier alpha value is -2.28. The number of carboxylic acids is 1. The van der Waals surface area contributed by atoms with Gasteiger partial charge >= 0.3 is 5.97 Å². The third-order valence-electron chi connectivity index (χ3n) is 2.01. The molecule has 1 unspecified atom stereocenters. The van der Waals surface area contributed by atoms with Gasteiger partial charge in [-0.25, -0.2) is 4.79 Å². The van der Waals surface area contributed by atoms with Gasteiger partial charge in [-0.15, -0.1) is 0 Å². The number of carboxylic acid groups (broad SMARTS) is 1. The lowest BCUT2D eigenvalue weighted by Gasteiger charge is -2.12. The molecule has 1 amide bonds. The maximum atomic E-state index is 11.5. The number of aliphatic hydroxyl groups excluding tert-OH is 1. The van der Waals surface area contributed by atoms with Crippen LogP contribution in [0.25, 0.3) is 0 Å². The lowest BCUT2D eigenvalue weighted by Crippen LogP contribution is -2.43. The molecule has 0 heterocycles. The number of hydrogen-bond acceptors (Lipinski definition) is 5. The van der Waals surface area contributed by atoms with E-state index in [0.29, 0.717) is 0 Å². The van der Waals surface area contributed by atoms with Crippen LogP contribution < -0.4 is 5.32 Å². The molecule has 7 heteroatoms. The predicted molar refractivity (Wildman–Crippen MR) is 55.7 cm³/mol. The molecule has 5 N–H and O–H groups in total. The molecule has 0 radical (unpaired) electrons. The first kappa shape index (κ1) is 12.8. The topological polar surface area (TPSA) is 127 Å². The number of amides is 1. The average Bonchev–Trinajstić information content (AvgIpc) is 2.28. The molecule has 17 heavy (non-hydrogen) atoms. The van der Waals surface area contributed by atoms with Gasteiger partial charge in [0.25, 0.3) is 5.91 Å². The van der Waals surface area contributed by atoms with Crippen LogP contribution >= 0.6 is 0 Å². The largest absolute Gasteiger partial charge is 0.508 e. The first-order valence-electron chi connectivity index (χ1n) is 4.62. The zero-order valence-electron chi connectivity index (χ0n) is 8.62. The average molecular weight is 241 g/mol. The molecule has 0 aromatic heterocycles. The van der Waals surface area contributed by atoms with Crippen molar-refractivity contribution in [2.75, 3.05) is 6.61 Å². The Labute approximate surface area is 95.9 Å². The predicted octanol–water partition coefficient (Wildman–Crippen LogP) is -0.727. The summed E-state index contributed by atoms with van der Waals surface area (Å²) in [5.74, 6) is -2.95. The van der Waals surface area contributed by atoms with Crippen molar-refractivity contribution in [3.05, 3.63) is 23.8 Å². The molecule has 0 aliphatic rings. The van der Waals surface area contributed by atoms with Crippen molar-refractivity contribution < 1.29 is 30.0 Å². The number of carbonyl (C=O) groups is 2. The number of aliphatic hydroxyl groups is 1. The van der Waals surface area contributed by atoms with Gasteiger partial charge in [-0.1, -0.05) is 0 Å². The zero-order valence-corrected chi connectivity index (χ0v) is 8.62. The summed E-state index contributed by atoms with van der Waals surface area (Å²) in [5, 5.41) is 37.8. The van der Waals surface area contributed by atoms with E-state index in [1.807, 2.05) is 5.32 Å². The fourth-order valence-corrected chi connectivity index (χ4v) is 1.13. The highest BCUT2D eigenvalue weighted by molar-refractivity contribution is 5.99. The van der Waals surface area contributed by atoms with E-state index in [2.05, 4.69) is 0 Å². The van der Waals surface area contributed by atoms with Crippen LogP contribution in [0.15, 0.2) is 18.2 Å². The number of rotatable bonds is 4. The van der Waals surface area contributed by atoms with Crippen LogP contribution in [0.5, 0.6) is 11.5 Å². The third-order valence-corrected chi connectivity index (χ3v) is 2.01. The summed E-state index contributed by atoms with van der Waals surface area (Å²) in [6.45, 7) is -0.777. The molecular weight excluding hydrogens is 230 g/mol. The first-order chi connectivity index (χ1) is 7.95. The summed E-state index contributed by atoms with van der Waals surface area (Å²) in [7, 11) is 0. The summed E-state index contributed by atoms with van der Waals surface area (Å²) in [5.41, 5.74) is -0.273. The second kappa shape index (κ2) is 5.17. The number of phenols is 2. The number of nitrogens with one attached hydrogen (secondary N) is 1. The van der Waals surface area contributed by atoms with E-state index in [0.717, 1.165) is 12.1 Å². The second-order valence-electron chi connectivity index (χ2n) is 3.25. The van der Waals surface area contributed by atoms with Gasteiger partial charge in [-0.05, 0) is 18.2 Å². The molecule has 1 rings (SSSR count). The maximum Gasteiger partial charge on any atom is 0.328 e. The van der Waals surface area contributed by atoms with Crippen LogP contribution in [0, 0.1) is 0 Å². The number of benzene rings is 1. The Bertz CT molecular complexity index is 444. The van der Waals surface area contributed by atoms with Gasteiger partial charge in [0.2, 0.25) is 0 Å². The standard InChI is InChI=1S/C10H11NO6/c12-4-7(10(16)17)11-9(15)6-3-5(13)1-2-8(6)14/h1-3,7,12-14H,4H2,(H,11,15)(H,16,17). The lowest BCUT2D eigenvalue weighted by atomic mass is 10.1. The van der Waals surface area contributed by atoms with Crippen molar-refractivity contribution in [2.45, 2.75) is 6.04 Å². The van der Waals surface area contributed by atoms with E-state index in [1.54, 1.807) is 0 Å². The lowest BCUT2D eigenvalue weighted by molar-refractivity contribution is -0.140. The Morgan fingerprint density at radius 2 is 1.94 bits per heavy atom. The van der Waals surface area contributed by atoms with Gasteiger partial charge in [0, 0.05) is 0 Å². The van der Waals surface area contributed by atoms with E-state index in [9.17, 15) is 14.7 Å². The van der Waals surface area contributed by atoms with Gasteiger partial charge in [-0.3, -0.25) is 4.79 Å². The van der Waals surface area contributed by atoms with Crippen molar-refractivity contribution in [1.82, 2.24) is 5.32 Å². The van der Waals surface area contributed by atoms with E-state index in [1.165, 1.54) is 6.07 Å². The number of phenolic OH excluding ortho intramolecular Hbond substituents is 2. The van der Waals surface area contributed by atoms with Crippen molar-refractivity contribution >= 4 is 11.9 Å². The Balaban J connectivity index is 2.89. The zero-order chi connectivity index (χ0) is 13.0. The normalized spacial score (nSPS) is 11.8. The van der Waals surface area contributed by atoms with Crippen LogP contribution in [0.2, 0.25) is 0 Å². The highest BCUT2D eigenvalue weighted by atomic mass is 16.4. The minimum Gasteiger partial charge on any atom is -0.508 e. The van der Waals surface area contributed by atoms with Gasteiger partial charge in [0.1, 0.15) is 11.5 Å². The van der Waals surface area contributed by atoms with Gasteiger partial charge < -0.3 is 25.7 Å². The minimum absolute atomic E-state index is 0.246. The Morgan fingerprint density at radius 1 is 1.29 bits per heavy atom. The van der Waals surface area contributed by atoms with E-state index in [-0.39, 0.29) is 11.3 Å². The highest BCUT2D eigenvalue weighted by Gasteiger charge is 2.21. The molecule has 7 nitrogen and oxygen atoms in total. The molecule has 0 spiro atoms. The molecule has 0 saturated heterocycles. The summed E-state index contributed by atoms with van der Waals surface area (Å²) < 4.78 is 0. The third kappa shape index (κ3) is 3.08. The monoisotopic (exact) mass is 241 g/mol. The van der Waals surface area contributed by atoms with Gasteiger partial charge in [0.15, 0.2) is 6.04 Å². The number of carbonyl (C=O) groups excluding carboxylic acids is 1. The van der Waals surface area contributed by atoms with E-state index in [4.69, 9.17) is 15.3 Å². The minimum atomic E-state index is -1.47. The smallest absolute Gasteiger partial charge is 0.328 e. The molecule has 92 valence electrons. The number of hydrogen-bond donors (Lipinski definition) is 5. The maximum absolute atomic E-state index is 11.5. The molecule has 1 aromatic rings. The van der Waals surface area contributed by atoms with Crippen LogP contribution in [-0.2, 0) is 4.79 Å². The number of aliphatic carboxylic acids is 1. The first-order valence-corrected chi connectivity index (χ1v) is 4.62. The van der Waals surface area contributed by atoms with Crippen molar-refractivity contribution in [1.29, 1.82) is 0 Å². The van der Waals surface area contributed by atoms with Crippen LogP contribution in [0.3, 0.4) is 0 Å².